The first-order valence-electron chi connectivity index (χ1n) is 8.99. The van der Waals surface area contributed by atoms with E-state index in [1.54, 1.807) is 7.11 Å². The Morgan fingerprint density at radius 3 is 2.22 bits per heavy atom. The fourth-order valence-electron chi connectivity index (χ4n) is 2.90. The average Bonchev–Trinajstić information content (AvgIpc) is 2.73. The summed E-state index contributed by atoms with van der Waals surface area (Å²) in [5.41, 5.74) is 4.19. The molecular formula is C23H24N2O2. The van der Waals surface area contributed by atoms with Crippen LogP contribution < -0.4 is 15.4 Å². The summed E-state index contributed by atoms with van der Waals surface area (Å²) in [6.45, 7) is 2.27. The van der Waals surface area contributed by atoms with E-state index in [9.17, 15) is 4.79 Å². The average molecular weight is 360 g/mol. The van der Waals surface area contributed by atoms with Crippen molar-refractivity contribution in [3.8, 4) is 16.9 Å². The van der Waals surface area contributed by atoms with Gasteiger partial charge in [0.1, 0.15) is 5.75 Å². The Hall–Kier alpha value is -3.11. The van der Waals surface area contributed by atoms with Gasteiger partial charge in [0.25, 0.3) is 0 Å². The summed E-state index contributed by atoms with van der Waals surface area (Å²) in [5, 5.41) is 6.14. The number of amides is 1. The van der Waals surface area contributed by atoms with Crippen molar-refractivity contribution in [2.75, 3.05) is 19.0 Å². The molecule has 3 aromatic rings. The molecule has 1 atom stereocenters. The van der Waals surface area contributed by atoms with E-state index < -0.39 is 0 Å². The lowest BCUT2D eigenvalue weighted by molar-refractivity contribution is -0.115. The van der Waals surface area contributed by atoms with E-state index >= 15 is 0 Å². The number of rotatable bonds is 7. The van der Waals surface area contributed by atoms with Crippen LogP contribution >= 0.6 is 0 Å². The van der Waals surface area contributed by atoms with E-state index in [0.29, 0.717) is 11.4 Å². The molecule has 138 valence electrons. The highest BCUT2D eigenvalue weighted by Gasteiger charge is 2.10. The zero-order chi connectivity index (χ0) is 19.1. The van der Waals surface area contributed by atoms with Crippen LogP contribution in [-0.4, -0.2) is 19.6 Å². The molecule has 0 unspecified atom stereocenters. The molecule has 0 heterocycles. The van der Waals surface area contributed by atoms with Crippen LogP contribution in [0.25, 0.3) is 11.1 Å². The first-order valence-corrected chi connectivity index (χ1v) is 8.99. The van der Waals surface area contributed by atoms with Crippen LogP contribution in [0.4, 0.5) is 5.69 Å². The minimum absolute atomic E-state index is 0.0678. The fourth-order valence-corrected chi connectivity index (χ4v) is 2.90. The van der Waals surface area contributed by atoms with Crippen molar-refractivity contribution in [2.24, 2.45) is 0 Å². The second-order valence-corrected chi connectivity index (χ2v) is 6.34. The zero-order valence-electron chi connectivity index (χ0n) is 15.6. The summed E-state index contributed by atoms with van der Waals surface area (Å²) >= 11 is 0. The van der Waals surface area contributed by atoms with E-state index in [-0.39, 0.29) is 18.5 Å². The summed E-state index contributed by atoms with van der Waals surface area (Å²) in [6, 6.07) is 26.1. The third-order valence-electron chi connectivity index (χ3n) is 4.47. The summed E-state index contributed by atoms with van der Waals surface area (Å²) in [5.74, 6) is 0.544. The molecule has 0 spiro atoms. The Kier molecular flexibility index (Phi) is 6.23. The molecule has 0 aliphatic rings. The highest BCUT2D eigenvalue weighted by atomic mass is 16.5. The lowest BCUT2D eigenvalue weighted by Crippen LogP contribution is -2.30. The molecule has 0 aromatic heterocycles. The third-order valence-corrected chi connectivity index (χ3v) is 4.47. The topological polar surface area (TPSA) is 50.4 Å². The number of anilines is 1. The SMILES string of the molecule is COc1ccccc1NC(=O)CN[C@H](C)c1ccc(-c2ccccc2)cc1. The molecule has 3 aromatic carbocycles. The molecule has 0 aliphatic carbocycles. The van der Waals surface area contributed by atoms with Gasteiger partial charge in [-0.05, 0) is 35.7 Å². The lowest BCUT2D eigenvalue weighted by Gasteiger charge is -2.15. The minimum Gasteiger partial charge on any atom is -0.495 e. The van der Waals surface area contributed by atoms with Gasteiger partial charge in [-0.2, -0.15) is 0 Å². The van der Waals surface area contributed by atoms with E-state index in [0.717, 1.165) is 5.56 Å². The Bertz CT molecular complexity index is 876. The second-order valence-electron chi connectivity index (χ2n) is 6.34. The molecule has 4 heteroatoms. The number of nitrogens with one attached hydrogen (secondary N) is 2. The summed E-state index contributed by atoms with van der Waals surface area (Å²) < 4.78 is 5.25. The Morgan fingerprint density at radius 2 is 1.52 bits per heavy atom. The number of carbonyl (C=O) groups is 1. The van der Waals surface area contributed by atoms with Gasteiger partial charge in [-0.3, -0.25) is 4.79 Å². The Labute approximate surface area is 160 Å². The number of benzene rings is 3. The van der Waals surface area contributed by atoms with Crippen molar-refractivity contribution in [3.63, 3.8) is 0 Å². The predicted octanol–water partition coefficient (Wildman–Crippen LogP) is 4.65. The molecule has 0 fully saturated rings. The maximum absolute atomic E-state index is 12.2. The van der Waals surface area contributed by atoms with Crippen LogP contribution in [0.5, 0.6) is 5.75 Å². The number of ether oxygens (including phenoxy) is 1. The first-order chi connectivity index (χ1) is 13.2. The predicted molar refractivity (Wildman–Crippen MR) is 110 cm³/mol. The van der Waals surface area contributed by atoms with Gasteiger partial charge in [0, 0.05) is 6.04 Å². The maximum Gasteiger partial charge on any atom is 0.238 e. The van der Waals surface area contributed by atoms with Crippen molar-refractivity contribution in [1.82, 2.24) is 5.32 Å². The molecule has 0 aliphatic heterocycles. The summed E-state index contributed by atoms with van der Waals surface area (Å²) in [7, 11) is 1.59. The summed E-state index contributed by atoms with van der Waals surface area (Å²) in [4.78, 5) is 12.2. The van der Waals surface area contributed by atoms with Crippen molar-refractivity contribution >= 4 is 11.6 Å². The van der Waals surface area contributed by atoms with Crippen LogP contribution in [0.2, 0.25) is 0 Å². The van der Waals surface area contributed by atoms with Gasteiger partial charge >= 0.3 is 0 Å². The molecule has 27 heavy (non-hydrogen) atoms. The second kappa shape index (κ2) is 9.01. The normalized spacial score (nSPS) is 11.6. The maximum atomic E-state index is 12.2. The van der Waals surface area contributed by atoms with E-state index in [1.165, 1.54) is 11.1 Å². The van der Waals surface area contributed by atoms with Gasteiger partial charge in [-0.15, -0.1) is 0 Å². The van der Waals surface area contributed by atoms with Crippen LogP contribution in [0.15, 0.2) is 78.9 Å². The number of methoxy groups -OCH3 is 1. The molecule has 0 bridgehead atoms. The standard InChI is InChI=1S/C23H24N2O2/c1-17(18-12-14-20(15-13-18)19-8-4-3-5-9-19)24-16-23(26)25-21-10-6-7-11-22(21)27-2/h3-15,17,24H,16H2,1-2H3,(H,25,26)/t17-/m1/s1. The van der Waals surface area contributed by atoms with E-state index in [2.05, 4.69) is 47.0 Å². The van der Waals surface area contributed by atoms with Crippen LogP contribution in [-0.2, 0) is 4.79 Å². The first kappa shape index (κ1) is 18.7. The number of para-hydroxylation sites is 2. The lowest BCUT2D eigenvalue weighted by atomic mass is 10.0. The molecule has 0 radical (unpaired) electrons. The molecule has 1 amide bonds. The van der Waals surface area contributed by atoms with E-state index in [4.69, 9.17) is 4.74 Å². The number of carbonyl (C=O) groups excluding carboxylic acids is 1. The number of hydrogen-bond donors (Lipinski definition) is 2. The Morgan fingerprint density at radius 1 is 0.889 bits per heavy atom. The van der Waals surface area contributed by atoms with Crippen LogP contribution in [0.1, 0.15) is 18.5 Å². The molecule has 4 nitrogen and oxygen atoms in total. The van der Waals surface area contributed by atoms with E-state index in [1.807, 2.05) is 49.4 Å². The largest absolute Gasteiger partial charge is 0.495 e. The highest BCUT2D eigenvalue weighted by molar-refractivity contribution is 5.93. The highest BCUT2D eigenvalue weighted by Crippen LogP contribution is 2.23. The number of hydrogen-bond acceptors (Lipinski definition) is 3. The van der Waals surface area contributed by atoms with Gasteiger partial charge in [0.05, 0.1) is 19.3 Å². The third kappa shape index (κ3) is 4.96. The molecule has 3 rings (SSSR count). The van der Waals surface area contributed by atoms with Crippen molar-refractivity contribution < 1.29 is 9.53 Å². The Balaban J connectivity index is 1.56. The minimum atomic E-state index is -0.104. The smallest absolute Gasteiger partial charge is 0.238 e. The molecule has 0 saturated heterocycles. The van der Waals surface area contributed by atoms with Gasteiger partial charge < -0.3 is 15.4 Å². The van der Waals surface area contributed by atoms with Gasteiger partial charge in [0.2, 0.25) is 5.91 Å². The van der Waals surface area contributed by atoms with Crippen LogP contribution in [0, 0.1) is 0 Å². The van der Waals surface area contributed by atoms with Gasteiger partial charge in [-0.25, -0.2) is 0 Å². The quantitative estimate of drug-likeness (QED) is 0.645. The summed E-state index contributed by atoms with van der Waals surface area (Å²) in [6.07, 6.45) is 0. The zero-order valence-corrected chi connectivity index (χ0v) is 15.6. The van der Waals surface area contributed by atoms with Gasteiger partial charge in [-0.1, -0.05) is 66.7 Å². The molecular weight excluding hydrogens is 336 g/mol. The molecule has 2 N–H and O–H groups in total. The fraction of sp³-hybridized carbons (Fsp3) is 0.174. The van der Waals surface area contributed by atoms with Crippen molar-refractivity contribution in [2.45, 2.75) is 13.0 Å². The van der Waals surface area contributed by atoms with Gasteiger partial charge in [0.15, 0.2) is 0 Å². The molecule has 0 saturated carbocycles. The monoisotopic (exact) mass is 360 g/mol. The van der Waals surface area contributed by atoms with Crippen LogP contribution in [0.3, 0.4) is 0 Å². The van der Waals surface area contributed by atoms with Crippen molar-refractivity contribution in [1.29, 1.82) is 0 Å². The van der Waals surface area contributed by atoms with Crippen molar-refractivity contribution in [3.05, 3.63) is 84.4 Å².